The number of rotatable bonds is 3. The molecule has 1 aliphatic heterocycles. The summed E-state index contributed by atoms with van der Waals surface area (Å²) in [5.41, 5.74) is 3.31. The predicted molar refractivity (Wildman–Crippen MR) is 131 cm³/mol. The molecule has 1 fully saturated rings. The number of nitrogens with zero attached hydrogens (tertiary/aromatic N) is 4. The Morgan fingerprint density at radius 2 is 1.91 bits per heavy atom. The average Bonchev–Trinajstić information content (AvgIpc) is 2.84. The molecule has 0 amide bonds. The molecule has 1 aromatic carbocycles. The number of benzene rings is 1. The lowest BCUT2D eigenvalue weighted by molar-refractivity contribution is 0.00411. The normalized spacial score (nSPS) is 18.2. The maximum Gasteiger partial charge on any atom is 0.277 e. The van der Waals surface area contributed by atoms with Gasteiger partial charge in [-0.25, -0.2) is 9.37 Å². The van der Waals surface area contributed by atoms with Crippen LogP contribution >= 0.6 is 11.6 Å². The van der Waals surface area contributed by atoms with Crippen LogP contribution in [0.5, 0.6) is 0 Å². The molecule has 4 aromatic rings. The van der Waals surface area contributed by atoms with Gasteiger partial charge in [0.15, 0.2) is 5.65 Å². The van der Waals surface area contributed by atoms with Crippen molar-refractivity contribution in [3.63, 3.8) is 0 Å². The maximum absolute atomic E-state index is 15.0. The summed E-state index contributed by atoms with van der Waals surface area (Å²) in [6.07, 6.45) is 2.84. The van der Waals surface area contributed by atoms with Crippen LogP contribution in [-0.2, 0) is 11.8 Å². The fourth-order valence-electron chi connectivity index (χ4n) is 4.53. The summed E-state index contributed by atoms with van der Waals surface area (Å²) in [7, 11) is 1.70. The van der Waals surface area contributed by atoms with E-state index in [1.54, 1.807) is 45.3 Å². The molecule has 9 heteroatoms. The van der Waals surface area contributed by atoms with Crippen molar-refractivity contribution >= 4 is 17.2 Å². The van der Waals surface area contributed by atoms with E-state index >= 15 is 4.39 Å². The standard InChI is InChI=1S/C26H24ClFN4O3/c1-14-15(2)29-25-20(19-6-5-18(27)11-21(19)28)12-22(30-32(25)26(14)34)16-8-9-35-23(10-16)17-4-7-24(33)31(3)13-17/h4-7,11-13,16,23H,8-10H2,1-3H3. The first kappa shape index (κ1) is 23.4. The minimum absolute atomic E-state index is 0.0435. The van der Waals surface area contributed by atoms with E-state index in [-0.39, 0.29) is 28.2 Å². The van der Waals surface area contributed by atoms with E-state index in [4.69, 9.17) is 16.3 Å². The lowest BCUT2D eigenvalue weighted by atomic mass is 9.89. The van der Waals surface area contributed by atoms with Gasteiger partial charge in [0.05, 0.1) is 11.8 Å². The highest BCUT2D eigenvalue weighted by molar-refractivity contribution is 6.30. The van der Waals surface area contributed by atoms with E-state index in [1.165, 1.54) is 21.2 Å². The Hall–Kier alpha value is -3.36. The van der Waals surface area contributed by atoms with Gasteiger partial charge in [-0.1, -0.05) is 11.6 Å². The largest absolute Gasteiger partial charge is 0.373 e. The van der Waals surface area contributed by atoms with Crippen LogP contribution in [0.15, 0.2) is 52.2 Å². The summed E-state index contributed by atoms with van der Waals surface area (Å²) < 4.78 is 23.8. The number of pyridine rings is 1. The van der Waals surface area contributed by atoms with Gasteiger partial charge in [-0.3, -0.25) is 9.59 Å². The Bertz CT molecular complexity index is 1580. The van der Waals surface area contributed by atoms with E-state index in [1.807, 2.05) is 6.07 Å². The molecule has 7 nitrogen and oxygen atoms in total. The van der Waals surface area contributed by atoms with Crippen LogP contribution in [0.4, 0.5) is 4.39 Å². The second-order valence-corrected chi connectivity index (χ2v) is 9.40. The number of hydrogen-bond donors (Lipinski definition) is 0. The van der Waals surface area contributed by atoms with Crippen LogP contribution in [-0.4, -0.2) is 25.8 Å². The summed E-state index contributed by atoms with van der Waals surface area (Å²) in [5.74, 6) is -0.544. The van der Waals surface area contributed by atoms with Gasteiger partial charge in [0, 0.05) is 59.2 Å². The molecule has 0 aliphatic carbocycles. The van der Waals surface area contributed by atoms with Gasteiger partial charge >= 0.3 is 0 Å². The predicted octanol–water partition coefficient (Wildman–Crippen LogP) is 4.50. The summed E-state index contributed by atoms with van der Waals surface area (Å²) in [5, 5.41) is 4.96. The average molecular weight is 495 g/mol. The second kappa shape index (κ2) is 9.02. The van der Waals surface area contributed by atoms with E-state index in [0.717, 1.165) is 5.56 Å². The summed E-state index contributed by atoms with van der Waals surface area (Å²) in [6.45, 7) is 3.95. The van der Waals surface area contributed by atoms with Crippen LogP contribution < -0.4 is 11.1 Å². The Kier molecular flexibility index (Phi) is 6.02. The van der Waals surface area contributed by atoms with E-state index < -0.39 is 5.82 Å². The first-order valence-corrected chi connectivity index (χ1v) is 11.8. The molecule has 0 N–H and O–H groups in total. The molecule has 4 heterocycles. The fraction of sp³-hybridized carbons (Fsp3) is 0.308. The van der Waals surface area contributed by atoms with Crippen molar-refractivity contribution in [2.45, 2.75) is 38.7 Å². The highest BCUT2D eigenvalue weighted by Gasteiger charge is 2.28. The Labute approximate surface area is 205 Å². The molecule has 35 heavy (non-hydrogen) atoms. The number of ether oxygens (including phenoxy) is 1. The van der Waals surface area contributed by atoms with E-state index in [9.17, 15) is 9.59 Å². The van der Waals surface area contributed by atoms with Crippen LogP contribution in [0.2, 0.25) is 5.02 Å². The summed E-state index contributed by atoms with van der Waals surface area (Å²) >= 11 is 5.98. The number of halogens is 2. The van der Waals surface area contributed by atoms with Crippen molar-refractivity contribution in [1.82, 2.24) is 19.2 Å². The van der Waals surface area contributed by atoms with Crippen LogP contribution in [0.3, 0.4) is 0 Å². The number of fused-ring (bicyclic) bond motifs is 1. The quantitative estimate of drug-likeness (QED) is 0.419. The first-order valence-electron chi connectivity index (χ1n) is 11.4. The number of aryl methyl sites for hydroxylation is 2. The van der Waals surface area contributed by atoms with Crippen molar-refractivity contribution < 1.29 is 9.13 Å². The Morgan fingerprint density at radius 1 is 1.11 bits per heavy atom. The van der Waals surface area contributed by atoms with E-state index in [0.29, 0.717) is 53.2 Å². The topological polar surface area (TPSA) is 78.5 Å². The SMILES string of the molecule is Cc1nc2c(-c3ccc(Cl)cc3F)cc(C3CCOC(c4ccc(=O)n(C)c4)C3)nn2c(=O)c1C. The zero-order chi connectivity index (χ0) is 24.9. The summed E-state index contributed by atoms with van der Waals surface area (Å²) in [4.78, 5) is 29.5. The van der Waals surface area contributed by atoms with Gasteiger partial charge < -0.3 is 9.30 Å². The third-order valence-electron chi connectivity index (χ3n) is 6.68. The van der Waals surface area contributed by atoms with Gasteiger partial charge in [0.2, 0.25) is 5.56 Å². The molecule has 0 radical (unpaired) electrons. The first-order chi connectivity index (χ1) is 16.7. The maximum atomic E-state index is 15.0. The molecule has 1 aliphatic rings. The third kappa shape index (κ3) is 4.28. The van der Waals surface area contributed by atoms with Gasteiger partial charge in [0.1, 0.15) is 5.82 Å². The van der Waals surface area contributed by atoms with Crippen LogP contribution in [0.1, 0.15) is 47.4 Å². The van der Waals surface area contributed by atoms with Crippen molar-refractivity contribution in [3.8, 4) is 11.1 Å². The zero-order valence-corrected chi connectivity index (χ0v) is 20.3. The van der Waals surface area contributed by atoms with Crippen LogP contribution in [0, 0.1) is 19.7 Å². The molecule has 1 saturated heterocycles. The van der Waals surface area contributed by atoms with Crippen molar-refractivity contribution in [3.05, 3.63) is 96.7 Å². The molecule has 3 aromatic heterocycles. The zero-order valence-electron chi connectivity index (χ0n) is 19.6. The Morgan fingerprint density at radius 3 is 2.66 bits per heavy atom. The van der Waals surface area contributed by atoms with Crippen molar-refractivity contribution in [2.75, 3.05) is 6.61 Å². The second-order valence-electron chi connectivity index (χ2n) is 8.96. The fourth-order valence-corrected chi connectivity index (χ4v) is 4.69. The van der Waals surface area contributed by atoms with Crippen molar-refractivity contribution in [2.24, 2.45) is 7.05 Å². The molecule has 5 rings (SSSR count). The molecule has 0 saturated carbocycles. The molecular weight excluding hydrogens is 471 g/mol. The smallest absolute Gasteiger partial charge is 0.277 e. The molecule has 0 bridgehead atoms. The molecule has 2 atom stereocenters. The van der Waals surface area contributed by atoms with Crippen molar-refractivity contribution in [1.29, 1.82) is 0 Å². The lowest BCUT2D eigenvalue weighted by Crippen LogP contribution is -2.26. The lowest BCUT2D eigenvalue weighted by Gasteiger charge is -2.30. The Balaban J connectivity index is 1.65. The highest BCUT2D eigenvalue weighted by atomic mass is 35.5. The molecular formula is C26H24ClFN4O3. The van der Waals surface area contributed by atoms with Gasteiger partial charge in [-0.2, -0.15) is 9.61 Å². The van der Waals surface area contributed by atoms with Gasteiger partial charge in [-0.05, 0) is 62.6 Å². The number of hydrogen-bond acceptors (Lipinski definition) is 5. The van der Waals surface area contributed by atoms with Gasteiger partial charge in [-0.15, -0.1) is 0 Å². The minimum atomic E-state index is -0.501. The van der Waals surface area contributed by atoms with Gasteiger partial charge in [0.25, 0.3) is 5.56 Å². The minimum Gasteiger partial charge on any atom is -0.373 e. The summed E-state index contributed by atoms with van der Waals surface area (Å²) in [6, 6.07) is 9.56. The monoisotopic (exact) mass is 494 g/mol. The molecule has 2 unspecified atom stereocenters. The number of aromatic nitrogens is 4. The van der Waals surface area contributed by atoms with E-state index in [2.05, 4.69) is 10.1 Å². The molecule has 180 valence electrons. The van der Waals surface area contributed by atoms with Crippen LogP contribution in [0.25, 0.3) is 16.8 Å². The highest BCUT2D eigenvalue weighted by Crippen LogP contribution is 2.38. The third-order valence-corrected chi connectivity index (χ3v) is 6.92. The molecule has 0 spiro atoms.